The molecule has 242 valence electrons. The molecule has 1 aliphatic rings. The highest BCUT2D eigenvalue weighted by molar-refractivity contribution is 7.15. The molecule has 5 rings (SSSR count). The van der Waals surface area contributed by atoms with Gasteiger partial charge in [-0.3, -0.25) is 19.1 Å². The summed E-state index contributed by atoms with van der Waals surface area (Å²) >= 11 is 7.86. The van der Waals surface area contributed by atoms with E-state index in [0.717, 1.165) is 33.2 Å². The van der Waals surface area contributed by atoms with Gasteiger partial charge in [-0.05, 0) is 63.1 Å². The van der Waals surface area contributed by atoms with Crippen LogP contribution in [0.2, 0.25) is 5.02 Å². The lowest BCUT2D eigenvalue weighted by Gasteiger charge is -2.13. The quantitative estimate of drug-likeness (QED) is 0.146. The van der Waals surface area contributed by atoms with Crippen LogP contribution in [-0.4, -0.2) is 56.6 Å². The predicted octanol–water partition coefficient (Wildman–Crippen LogP) is 5.55. The maximum absolute atomic E-state index is 12.6. The second-order valence-electron chi connectivity index (χ2n) is 10.9. The van der Waals surface area contributed by atoms with Gasteiger partial charge in [-0.25, -0.2) is 4.79 Å². The fraction of sp³-hybridized carbons (Fsp3) is 0.294. The molecule has 4 N–H and O–H groups in total. The minimum atomic E-state index is -1.13. The van der Waals surface area contributed by atoms with Crippen LogP contribution < -0.4 is 11.1 Å². The van der Waals surface area contributed by atoms with Gasteiger partial charge in [-0.1, -0.05) is 35.6 Å². The number of carbonyl (C=O) groups is 3. The Kier molecular flexibility index (Phi) is 10.5. The lowest BCUT2D eigenvalue weighted by Crippen LogP contribution is -2.14. The Morgan fingerprint density at radius 1 is 1.11 bits per heavy atom. The highest BCUT2D eigenvalue weighted by Gasteiger charge is 2.31. The topological polar surface area (TPSA) is 162 Å². The first-order valence-electron chi connectivity index (χ1n) is 15.0. The minimum Gasteiger partial charge on any atom is -0.478 e. The van der Waals surface area contributed by atoms with Crippen molar-refractivity contribution < 1.29 is 24.2 Å². The van der Waals surface area contributed by atoms with Crippen molar-refractivity contribution in [2.24, 2.45) is 10.7 Å². The molecule has 47 heavy (non-hydrogen) atoms. The van der Waals surface area contributed by atoms with Gasteiger partial charge in [0, 0.05) is 51.5 Å². The van der Waals surface area contributed by atoms with Crippen molar-refractivity contribution >= 4 is 52.2 Å². The maximum Gasteiger partial charge on any atom is 0.336 e. The van der Waals surface area contributed by atoms with E-state index in [1.165, 1.54) is 23.1 Å². The van der Waals surface area contributed by atoms with Crippen molar-refractivity contribution in [2.75, 3.05) is 18.5 Å². The van der Waals surface area contributed by atoms with Gasteiger partial charge in [0.25, 0.3) is 0 Å². The van der Waals surface area contributed by atoms with E-state index in [1.54, 1.807) is 11.3 Å². The number of aromatic nitrogens is 3. The lowest BCUT2D eigenvalue weighted by atomic mass is 9.99. The van der Waals surface area contributed by atoms with Crippen molar-refractivity contribution in [1.29, 1.82) is 0 Å². The van der Waals surface area contributed by atoms with Gasteiger partial charge in [0.15, 0.2) is 5.82 Å². The van der Waals surface area contributed by atoms with Gasteiger partial charge < -0.3 is 20.9 Å². The third-order valence-corrected chi connectivity index (χ3v) is 9.10. The summed E-state index contributed by atoms with van der Waals surface area (Å²) in [5.74, 6) is 4.87. The van der Waals surface area contributed by atoms with Gasteiger partial charge in [0.1, 0.15) is 16.9 Å². The number of hydrogen-bond acceptors (Lipinski definition) is 9. The predicted molar refractivity (Wildman–Crippen MR) is 181 cm³/mol. The Labute approximate surface area is 280 Å². The molecule has 0 unspecified atom stereocenters. The summed E-state index contributed by atoms with van der Waals surface area (Å²) < 4.78 is 7.60. The third kappa shape index (κ3) is 7.60. The first-order valence-corrected chi connectivity index (χ1v) is 16.1. The minimum absolute atomic E-state index is 0.0131. The normalized spacial score (nSPS) is 13.4. The molecule has 2 aromatic carbocycles. The van der Waals surface area contributed by atoms with Crippen LogP contribution >= 0.6 is 22.9 Å². The summed E-state index contributed by atoms with van der Waals surface area (Å²) in [6, 6.07) is 11.5. The van der Waals surface area contributed by atoms with E-state index in [9.17, 15) is 19.5 Å². The number of carboxylic acids is 1. The van der Waals surface area contributed by atoms with E-state index in [-0.39, 0.29) is 49.4 Å². The number of anilines is 1. The number of carboxylic acid groups (broad SMARTS) is 1. The molecule has 0 bridgehead atoms. The maximum atomic E-state index is 12.6. The number of carbonyl (C=O) groups excluding carboxylic acids is 2. The van der Waals surface area contributed by atoms with Crippen molar-refractivity contribution in [1.82, 2.24) is 14.8 Å². The van der Waals surface area contributed by atoms with Crippen LogP contribution in [0.1, 0.15) is 80.9 Å². The van der Waals surface area contributed by atoms with Gasteiger partial charge in [0.05, 0.1) is 24.4 Å². The van der Waals surface area contributed by atoms with E-state index >= 15 is 0 Å². The molecular weight excluding hydrogens is 640 g/mol. The molecule has 11 nitrogen and oxygen atoms in total. The van der Waals surface area contributed by atoms with E-state index in [2.05, 4.69) is 41.2 Å². The number of amides is 1. The van der Waals surface area contributed by atoms with Crippen LogP contribution in [0.4, 0.5) is 5.69 Å². The molecule has 0 aliphatic carbocycles. The number of hydrogen-bond donors (Lipinski definition) is 3. The summed E-state index contributed by atoms with van der Waals surface area (Å²) in [7, 11) is 0. The smallest absolute Gasteiger partial charge is 0.336 e. The van der Waals surface area contributed by atoms with Gasteiger partial charge in [0.2, 0.25) is 5.91 Å². The zero-order chi connectivity index (χ0) is 33.7. The van der Waals surface area contributed by atoms with Crippen LogP contribution in [0, 0.1) is 32.6 Å². The van der Waals surface area contributed by atoms with Crippen LogP contribution in [0.5, 0.6) is 0 Å². The number of benzene rings is 2. The van der Waals surface area contributed by atoms with E-state index < -0.39 is 18.0 Å². The molecule has 2 aromatic heterocycles. The Hall–Kier alpha value is -4.83. The number of nitrogens with one attached hydrogen (secondary N) is 1. The van der Waals surface area contributed by atoms with E-state index in [1.807, 2.05) is 35.8 Å². The van der Waals surface area contributed by atoms with Crippen LogP contribution in [0.25, 0.3) is 5.00 Å². The zero-order valence-corrected chi connectivity index (χ0v) is 27.7. The Morgan fingerprint density at radius 3 is 2.60 bits per heavy atom. The van der Waals surface area contributed by atoms with E-state index in [4.69, 9.17) is 27.1 Å². The molecule has 0 saturated carbocycles. The molecule has 1 aliphatic heterocycles. The fourth-order valence-electron chi connectivity index (χ4n) is 5.22. The summed E-state index contributed by atoms with van der Waals surface area (Å²) in [6.45, 7) is 6.25. The average Bonchev–Trinajstić information content (AvgIpc) is 3.51. The van der Waals surface area contributed by atoms with Gasteiger partial charge >= 0.3 is 11.9 Å². The van der Waals surface area contributed by atoms with Gasteiger partial charge in [-0.2, -0.15) is 0 Å². The van der Waals surface area contributed by atoms with Crippen molar-refractivity contribution in [2.45, 2.75) is 52.5 Å². The van der Waals surface area contributed by atoms with Crippen molar-refractivity contribution in [3.05, 3.63) is 91.8 Å². The molecule has 0 saturated heterocycles. The standard InChI is InChI=1S/C34H33ClN6O5S/c1-19-20(2)47-33-30(19)31(22-9-11-24(35)12-10-22)38-27(32-40-39-21(3)41(32)33)15-17-46-29(43)8-4-7-28(42)37-25-13-14-26(34(44)45)23(18-25)6-5-16-36/h9-14,18,27H,4,7-8,15-17,36H2,1-3H3,(H,37,42)(H,44,45)/t27-/m0/s1. The lowest BCUT2D eigenvalue weighted by molar-refractivity contribution is -0.144. The number of aromatic carboxylic acids is 1. The number of esters is 1. The first-order chi connectivity index (χ1) is 22.6. The summed E-state index contributed by atoms with van der Waals surface area (Å²) in [4.78, 5) is 42.9. The number of fused-ring (bicyclic) bond motifs is 3. The highest BCUT2D eigenvalue weighted by atomic mass is 35.5. The Bertz CT molecular complexity index is 1940. The highest BCUT2D eigenvalue weighted by Crippen LogP contribution is 2.39. The summed E-state index contributed by atoms with van der Waals surface area (Å²) in [6.07, 6.45) is 0.774. The van der Waals surface area contributed by atoms with E-state index in [0.29, 0.717) is 23.0 Å². The van der Waals surface area contributed by atoms with Crippen LogP contribution in [-0.2, 0) is 14.3 Å². The number of nitrogens with zero attached hydrogens (tertiary/aromatic N) is 4. The first kappa shape index (κ1) is 33.5. The third-order valence-electron chi connectivity index (χ3n) is 7.66. The molecule has 4 aromatic rings. The molecule has 1 amide bonds. The molecule has 0 fully saturated rings. The fourth-order valence-corrected chi connectivity index (χ4v) is 6.56. The number of aliphatic imine (C=N–C) groups is 1. The second-order valence-corrected chi connectivity index (χ2v) is 12.5. The van der Waals surface area contributed by atoms with Crippen molar-refractivity contribution in [3.8, 4) is 16.8 Å². The summed E-state index contributed by atoms with van der Waals surface area (Å²) in [5, 5.41) is 22.5. The van der Waals surface area contributed by atoms with Crippen molar-refractivity contribution in [3.63, 3.8) is 0 Å². The number of ether oxygens (including phenoxy) is 1. The zero-order valence-electron chi connectivity index (χ0n) is 26.1. The molecule has 0 spiro atoms. The van der Waals surface area contributed by atoms with Crippen LogP contribution in [0.15, 0.2) is 47.5 Å². The molecule has 0 radical (unpaired) electrons. The number of aryl methyl sites for hydroxylation is 2. The Morgan fingerprint density at radius 2 is 1.87 bits per heavy atom. The molecular formula is C34H33ClN6O5S. The number of rotatable bonds is 10. The Balaban J connectivity index is 1.21. The molecule has 1 atom stereocenters. The summed E-state index contributed by atoms with van der Waals surface area (Å²) in [5.41, 5.74) is 9.96. The van der Waals surface area contributed by atoms with Gasteiger partial charge in [-0.15, -0.1) is 21.5 Å². The monoisotopic (exact) mass is 672 g/mol. The molecule has 13 heteroatoms. The average molecular weight is 673 g/mol. The SMILES string of the molecule is Cc1sc2c(c1C)C(c1ccc(Cl)cc1)=N[C@@H](CCOC(=O)CCCC(=O)Nc1ccc(C(=O)O)c(C#CCN)c1)c1nnc(C)n1-2. The second kappa shape index (κ2) is 14.7. The largest absolute Gasteiger partial charge is 0.478 e. The van der Waals surface area contributed by atoms with Crippen LogP contribution in [0.3, 0.4) is 0 Å². The molecule has 3 heterocycles. The number of nitrogens with two attached hydrogens (primary N) is 1. The number of halogens is 1. The number of thiophene rings is 1.